The molecule has 0 spiro atoms. The maximum atomic E-state index is 11.9. The summed E-state index contributed by atoms with van der Waals surface area (Å²) in [5.74, 6) is 0.310. The van der Waals surface area contributed by atoms with E-state index in [1.807, 2.05) is 24.3 Å². The van der Waals surface area contributed by atoms with Crippen LogP contribution in [0.25, 0.3) is 0 Å². The Morgan fingerprint density at radius 2 is 1.94 bits per heavy atom. The van der Waals surface area contributed by atoms with Crippen molar-refractivity contribution in [2.75, 3.05) is 0 Å². The maximum Gasteiger partial charge on any atom is 0.251 e. The monoisotopic (exact) mass is 260 g/mol. The number of carbonyl (C=O) groups is 1. The predicted molar refractivity (Wildman–Crippen MR) is 71.4 cm³/mol. The Morgan fingerprint density at radius 1 is 1.17 bits per heavy atom. The fraction of sp³-hybridized carbons (Fsp3) is 0.143. The molecular formula is C14H13ClN2O. The van der Waals surface area contributed by atoms with Crippen molar-refractivity contribution in [1.29, 1.82) is 0 Å². The lowest BCUT2D eigenvalue weighted by Gasteiger charge is -2.06. The lowest BCUT2D eigenvalue weighted by molar-refractivity contribution is 0.0951. The first kappa shape index (κ1) is 12.6. The highest BCUT2D eigenvalue weighted by Crippen LogP contribution is 2.08. The maximum absolute atomic E-state index is 11.9. The molecule has 1 heterocycles. The molecule has 0 saturated heterocycles. The van der Waals surface area contributed by atoms with Crippen LogP contribution >= 0.6 is 11.6 Å². The van der Waals surface area contributed by atoms with Crippen LogP contribution in [0, 0.1) is 0 Å². The van der Waals surface area contributed by atoms with Gasteiger partial charge in [0.1, 0.15) is 0 Å². The van der Waals surface area contributed by atoms with E-state index in [1.165, 1.54) is 0 Å². The molecule has 0 unspecified atom stereocenters. The van der Waals surface area contributed by atoms with Crippen LogP contribution in [0.2, 0.25) is 0 Å². The lowest BCUT2D eigenvalue weighted by Crippen LogP contribution is -2.22. The third kappa shape index (κ3) is 3.31. The molecule has 3 nitrogen and oxygen atoms in total. The van der Waals surface area contributed by atoms with Gasteiger partial charge in [-0.05, 0) is 35.4 Å². The molecular weight excluding hydrogens is 248 g/mol. The predicted octanol–water partition coefficient (Wildman–Crippen LogP) is 2.75. The van der Waals surface area contributed by atoms with Gasteiger partial charge in [0.2, 0.25) is 0 Å². The van der Waals surface area contributed by atoms with Crippen molar-refractivity contribution < 1.29 is 4.79 Å². The van der Waals surface area contributed by atoms with Gasteiger partial charge >= 0.3 is 0 Å². The SMILES string of the molecule is O=C(NCc1ccncc1)c1cccc(CCl)c1. The molecule has 0 aliphatic heterocycles. The van der Waals surface area contributed by atoms with Gasteiger partial charge in [-0.25, -0.2) is 0 Å². The largest absolute Gasteiger partial charge is 0.348 e. The first-order chi connectivity index (χ1) is 8.79. The van der Waals surface area contributed by atoms with Crippen LogP contribution in [0.1, 0.15) is 21.5 Å². The van der Waals surface area contributed by atoms with Gasteiger partial charge in [-0.1, -0.05) is 12.1 Å². The van der Waals surface area contributed by atoms with Crippen molar-refractivity contribution in [2.45, 2.75) is 12.4 Å². The Labute approximate surface area is 111 Å². The second kappa shape index (κ2) is 6.17. The van der Waals surface area contributed by atoms with Crippen LogP contribution in [-0.2, 0) is 12.4 Å². The van der Waals surface area contributed by atoms with Crippen LogP contribution in [0.4, 0.5) is 0 Å². The molecule has 2 aromatic rings. The van der Waals surface area contributed by atoms with Crippen molar-refractivity contribution in [3.63, 3.8) is 0 Å². The minimum Gasteiger partial charge on any atom is -0.348 e. The molecule has 0 saturated carbocycles. The summed E-state index contributed by atoms with van der Waals surface area (Å²) in [4.78, 5) is 15.8. The highest BCUT2D eigenvalue weighted by atomic mass is 35.5. The lowest BCUT2D eigenvalue weighted by atomic mass is 10.1. The average molecular weight is 261 g/mol. The Bertz CT molecular complexity index is 528. The number of rotatable bonds is 4. The van der Waals surface area contributed by atoms with Crippen LogP contribution in [0.5, 0.6) is 0 Å². The van der Waals surface area contributed by atoms with Crippen LogP contribution < -0.4 is 5.32 Å². The summed E-state index contributed by atoms with van der Waals surface area (Å²) in [5, 5.41) is 2.86. The average Bonchev–Trinajstić information content (AvgIpc) is 2.46. The zero-order valence-corrected chi connectivity index (χ0v) is 10.5. The van der Waals surface area contributed by atoms with E-state index in [4.69, 9.17) is 11.6 Å². The number of hydrogen-bond donors (Lipinski definition) is 1. The summed E-state index contributed by atoms with van der Waals surface area (Å²) >= 11 is 5.74. The van der Waals surface area contributed by atoms with E-state index < -0.39 is 0 Å². The highest BCUT2D eigenvalue weighted by molar-refractivity contribution is 6.17. The molecule has 1 amide bonds. The Hall–Kier alpha value is -1.87. The van der Waals surface area contributed by atoms with E-state index >= 15 is 0 Å². The number of nitrogens with one attached hydrogen (secondary N) is 1. The van der Waals surface area contributed by atoms with E-state index in [-0.39, 0.29) is 5.91 Å². The molecule has 18 heavy (non-hydrogen) atoms. The second-order valence-electron chi connectivity index (χ2n) is 3.87. The van der Waals surface area contributed by atoms with Gasteiger partial charge in [0.15, 0.2) is 0 Å². The van der Waals surface area contributed by atoms with Crippen molar-refractivity contribution in [1.82, 2.24) is 10.3 Å². The van der Waals surface area contributed by atoms with Crippen molar-refractivity contribution >= 4 is 17.5 Å². The van der Waals surface area contributed by atoms with Crippen LogP contribution in [0.3, 0.4) is 0 Å². The third-order valence-electron chi connectivity index (χ3n) is 2.55. The van der Waals surface area contributed by atoms with Gasteiger partial charge in [-0.15, -0.1) is 11.6 Å². The van der Waals surface area contributed by atoms with Gasteiger partial charge in [0.05, 0.1) is 0 Å². The molecule has 0 atom stereocenters. The van der Waals surface area contributed by atoms with E-state index in [0.717, 1.165) is 11.1 Å². The molecule has 4 heteroatoms. The van der Waals surface area contributed by atoms with Crippen molar-refractivity contribution in [2.24, 2.45) is 0 Å². The number of carbonyl (C=O) groups excluding carboxylic acids is 1. The molecule has 2 rings (SSSR count). The number of benzene rings is 1. The van der Waals surface area contributed by atoms with Gasteiger partial charge in [-0.3, -0.25) is 9.78 Å². The molecule has 0 aliphatic rings. The Balaban J connectivity index is 1.99. The number of nitrogens with zero attached hydrogens (tertiary/aromatic N) is 1. The summed E-state index contributed by atoms with van der Waals surface area (Å²) in [6.45, 7) is 0.493. The number of amides is 1. The molecule has 0 radical (unpaired) electrons. The number of hydrogen-bond acceptors (Lipinski definition) is 2. The van der Waals surface area contributed by atoms with E-state index in [1.54, 1.807) is 24.5 Å². The van der Waals surface area contributed by atoms with Crippen LogP contribution in [-0.4, -0.2) is 10.9 Å². The van der Waals surface area contributed by atoms with E-state index in [9.17, 15) is 4.79 Å². The smallest absolute Gasteiger partial charge is 0.251 e. The van der Waals surface area contributed by atoms with Gasteiger partial charge in [-0.2, -0.15) is 0 Å². The van der Waals surface area contributed by atoms with Crippen molar-refractivity contribution in [3.8, 4) is 0 Å². The zero-order chi connectivity index (χ0) is 12.8. The van der Waals surface area contributed by atoms with Gasteiger partial charge < -0.3 is 5.32 Å². The fourth-order valence-corrected chi connectivity index (χ4v) is 1.75. The summed E-state index contributed by atoms with van der Waals surface area (Å²) in [5.41, 5.74) is 2.59. The van der Waals surface area contributed by atoms with Crippen molar-refractivity contribution in [3.05, 3.63) is 65.5 Å². The third-order valence-corrected chi connectivity index (χ3v) is 2.85. The standard InChI is InChI=1S/C14H13ClN2O/c15-9-12-2-1-3-13(8-12)14(18)17-10-11-4-6-16-7-5-11/h1-8H,9-10H2,(H,17,18). The number of aromatic nitrogens is 1. The quantitative estimate of drug-likeness (QED) is 0.859. The number of pyridine rings is 1. The van der Waals surface area contributed by atoms with Gasteiger partial charge in [0.25, 0.3) is 5.91 Å². The zero-order valence-electron chi connectivity index (χ0n) is 9.77. The number of halogens is 1. The minimum atomic E-state index is -0.0984. The Kier molecular flexibility index (Phi) is 4.31. The first-order valence-corrected chi connectivity index (χ1v) is 6.15. The topological polar surface area (TPSA) is 42.0 Å². The van der Waals surface area contributed by atoms with Crippen LogP contribution in [0.15, 0.2) is 48.8 Å². The van der Waals surface area contributed by atoms with E-state index in [2.05, 4.69) is 10.3 Å². The minimum absolute atomic E-state index is 0.0984. The Morgan fingerprint density at radius 3 is 2.67 bits per heavy atom. The number of alkyl halides is 1. The second-order valence-corrected chi connectivity index (χ2v) is 4.14. The summed E-state index contributed by atoms with van der Waals surface area (Å²) in [6.07, 6.45) is 3.41. The highest BCUT2D eigenvalue weighted by Gasteiger charge is 2.05. The fourth-order valence-electron chi connectivity index (χ4n) is 1.58. The van der Waals surface area contributed by atoms with E-state index in [0.29, 0.717) is 18.0 Å². The molecule has 0 fully saturated rings. The first-order valence-electron chi connectivity index (χ1n) is 5.61. The summed E-state index contributed by atoms with van der Waals surface area (Å²) < 4.78 is 0. The summed E-state index contributed by atoms with van der Waals surface area (Å²) in [7, 11) is 0. The summed E-state index contributed by atoms with van der Waals surface area (Å²) in [6, 6.07) is 11.0. The van der Waals surface area contributed by atoms with Gasteiger partial charge in [0, 0.05) is 30.4 Å². The molecule has 1 N–H and O–H groups in total. The molecule has 1 aromatic carbocycles. The molecule has 0 bridgehead atoms. The normalized spacial score (nSPS) is 10.1. The molecule has 92 valence electrons. The molecule has 0 aliphatic carbocycles. The molecule has 1 aromatic heterocycles.